The molecule has 3 N–H and O–H groups in total. The van der Waals surface area contributed by atoms with Crippen molar-refractivity contribution >= 4 is 17.7 Å². The summed E-state index contributed by atoms with van der Waals surface area (Å²) < 4.78 is 5.00. The van der Waals surface area contributed by atoms with Gasteiger partial charge in [0.25, 0.3) is 11.2 Å². The van der Waals surface area contributed by atoms with E-state index in [4.69, 9.17) is 9.83 Å². The van der Waals surface area contributed by atoms with Crippen molar-refractivity contribution in [2.24, 2.45) is 0 Å². The van der Waals surface area contributed by atoms with Crippen molar-refractivity contribution in [1.82, 2.24) is 15.7 Å². The van der Waals surface area contributed by atoms with Gasteiger partial charge in [-0.15, -0.1) is 0 Å². The summed E-state index contributed by atoms with van der Waals surface area (Å²) in [6, 6.07) is 0. The molecule has 0 aliphatic heterocycles. The van der Waals surface area contributed by atoms with Gasteiger partial charge in [0.05, 0.1) is 6.20 Å². The van der Waals surface area contributed by atoms with Crippen molar-refractivity contribution in [3.63, 3.8) is 0 Å². The highest BCUT2D eigenvalue weighted by Crippen LogP contribution is 2.14. The molecule has 1 heterocycles. The van der Waals surface area contributed by atoms with Crippen molar-refractivity contribution in [2.45, 2.75) is 11.6 Å². The van der Waals surface area contributed by atoms with Crippen molar-refractivity contribution in [1.29, 1.82) is 5.41 Å². The standard InChI is InChI=1S/C7H11N5O3S/c8-6(11-12(13)14)9-2-1-5-16-7-10-3-4-15-7/h3-4H,1-2,5H2,(H3,8,9,11). The molecule has 0 saturated carbocycles. The van der Waals surface area contributed by atoms with Crippen LogP contribution >= 0.6 is 11.8 Å². The Morgan fingerprint density at radius 3 is 3.19 bits per heavy atom. The Kier molecular flexibility index (Phi) is 5.12. The van der Waals surface area contributed by atoms with Crippen molar-refractivity contribution in [3.8, 4) is 0 Å². The first-order valence-electron chi connectivity index (χ1n) is 4.44. The smallest absolute Gasteiger partial charge is 0.255 e. The number of hydrogen-bond donors (Lipinski definition) is 3. The first-order chi connectivity index (χ1) is 7.68. The van der Waals surface area contributed by atoms with Gasteiger partial charge in [0.2, 0.25) is 0 Å². The summed E-state index contributed by atoms with van der Waals surface area (Å²) in [5, 5.41) is 19.4. The summed E-state index contributed by atoms with van der Waals surface area (Å²) in [5.41, 5.74) is 1.70. The minimum absolute atomic E-state index is 0.314. The molecule has 16 heavy (non-hydrogen) atoms. The van der Waals surface area contributed by atoms with Gasteiger partial charge in [0, 0.05) is 12.3 Å². The summed E-state index contributed by atoms with van der Waals surface area (Å²) in [4.78, 5) is 13.9. The van der Waals surface area contributed by atoms with Gasteiger partial charge in [-0.3, -0.25) is 5.41 Å². The summed E-state index contributed by atoms with van der Waals surface area (Å²) in [6.07, 6.45) is 3.81. The maximum atomic E-state index is 9.94. The second kappa shape index (κ2) is 6.67. The lowest BCUT2D eigenvalue weighted by Gasteiger charge is -2.03. The second-order valence-electron chi connectivity index (χ2n) is 2.67. The predicted octanol–water partition coefficient (Wildman–Crippen LogP) is 0.462. The number of aromatic nitrogens is 1. The van der Waals surface area contributed by atoms with Gasteiger partial charge >= 0.3 is 0 Å². The fourth-order valence-corrected chi connectivity index (χ4v) is 1.58. The van der Waals surface area contributed by atoms with Crippen LogP contribution in [-0.2, 0) is 0 Å². The van der Waals surface area contributed by atoms with E-state index in [1.807, 2.05) is 0 Å². The zero-order chi connectivity index (χ0) is 11.8. The highest BCUT2D eigenvalue weighted by atomic mass is 32.2. The molecule has 0 saturated heterocycles. The van der Waals surface area contributed by atoms with Crippen LogP contribution < -0.4 is 10.7 Å². The fourth-order valence-electron chi connectivity index (χ4n) is 0.857. The molecule has 0 unspecified atom stereocenters. The maximum absolute atomic E-state index is 9.94. The Hall–Kier alpha value is -1.77. The fraction of sp³-hybridized carbons (Fsp3) is 0.429. The monoisotopic (exact) mass is 245 g/mol. The molecule has 0 atom stereocenters. The van der Waals surface area contributed by atoms with Crippen molar-refractivity contribution < 1.29 is 9.45 Å². The highest BCUT2D eigenvalue weighted by Gasteiger charge is 2.01. The number of oxazole rings is 1. The van der Waals surface area contributed by atoms with Gasteiger partial charge in [-0.05, 0) is 6.42 Å². The number of hydrazine groups is 1. The van der Waals surface area contributed by atoms with E-state index >= 15 is 0 Å². The van der Waals surface area contributed by atoms with Crippen LogP contribution in [0, 0.1) is 15.5 Å². The summed E-state index contributed by atoms with van der Waals surface area (Å²) in [6.45, 7) is 0.480. The summed E-state index contributed by atoms with van der Waals surface area (Å²) in [7, 11) is 0. The molecule has 0 bridgehead atoms. The number of guanidine groups is 1. The maximum Gasteiger partial charge on any atom is 0.255 e. The molecule has 0 aliphatic carbocycles. The Labute approximate surface area is 95.4 Å². The zero-order valence-electron chi connectivity index (χ0n) is 8.30. The number of rotatable bonds is 6. The number of nitro groups is 1. The Morgan fingerprint density at radius 1 is 1.75 bits per heavy atom. The molecule has 0 aromatic carbocycles. The van der Waals surface area contributed by atoms with Crippen molar-refractivity contribution in [2.75, 3.05) is 12.3 Å². The van der Waals surface area contributed by atoms with E-state index in [0.717, 1.165) is 12.2 Å². The third-order valence-corrected chi connectivity index (χ3v) is 2.40. The molecule has 0 radical (unpaired) electrons. The first kappa shape index (κ1) is 12.3. The minimum Gasteiger partial charge on any atom is -0.440 e. The van der Waals surface area contributed by atoms with Crippen LogP contribution in [0.25, 0.3) is 0 Å². The van der Waals surface area contributed by atoms with Gasteiger partial charge in [-0.1, -0.05) is 17.2 Å². The predicted molar refractivity (Wildman–Crippen MR) is 57.7 cm³/mol. The average molecular weight is 245 g/mol. The molecule has 0 aliphatic rings. The minimum atomic E-state index is -0.781. The number of thioether (sulfide) groups is 1. The summed E-state index contributed by atoms with van der Waals surface area (Å²) >= 11 is 1.45. The SMILES string of the molecule is N=C(NCCCSc1ncco1)N[N+](=O)[O-]. The van der Waals surface area contributed by atoms with Crippen LogP contribution in [0.2, 0.25) is 0 Å². The van der Waals surface area contributed by atoms with Gasteiger partial charge in [0.15, 0.2) is 5.03 Å². The van der Waals surface area contributed by atoms with E-state index in [2.05, 4.69) is 10.3 Å². The molecule has 1 rings (SSSR count). The molecule has 1 aromatic heterocycles. The lowest BCUT2D eigenvalue weighted by atomic mass is 10.5. The van der Waals surface area contributed by atoms with E-state index < -0.39 is 5.03 Å². The van der Waals surface area contributed by atoms with E-state index in [9.17, 15) is 10.1 Å². The molecule has 1 aromatic rings. The lowest BCUT2D eigenvalue weighted by Crippen LogP contribution is -2.40. The van der Waals surface area contributed by atoms with E-state index in [-0.39, 0.29) is 5.96 Å². The molecule has 0 spiro atoms. The van der Waals surface area contributed by atoms with Crippen molar-refractivity contribution in [3.05, 3.63) is 22.6 Å². The van der Waals surface area contributed by atoms with Crippen LogP contribution in [0.3, 0.4) is 0 Å². The molecule has 9 heteroatoms. The molecular formula is C7H11N5O3S. The quantitative estimate of drug-likeness (QED) is 0.166. The van der Waals surface area contributed by atoms with E-state index in [1.165, 1.54) is 18.0 Å². The van der Waals surface area contributed by atoms with Crippen LogP contribution in [0.15, 0.2) is 22.1 Å². The Bertz CT molecular complexity index is 342. The number of nitrogens with one attached hydrogen (secondary N) is 3. The summed E-state index contributed by atoms with van der Waals surface area (Å²) in [5.74, 6) is 0.449. The lowest BCUT2D eigenvalue weighted by molar-refractivity contribution is -0.525. The molecule has 0 fully saturated rings. The third-order valence-electron chi connectivity index (χ3n) is 1.46. The highest BCUT2D eigenvalue weighted by molar-refractivity contribution is 7.99. The van der Waals surface area contributed by atoms with E-state index in [1.54, 1.807) is 11.6 Å². The van der Waals surface area contributed by atoms with Gasteiger partial charge in [-0.25, -0.2) is 15.1 Å². The van der Waals surface area contributed by atoms with Crippen LogP contribution in [-0.4, -0.2) is 28.3 Å². The molecular weight excluding hydrogens is 234 g/mol. The normalized spacial score (nSPS) is 9.75. The number of nitrogens with zero attached hydrogens (tertiary/aromatic N) is 2. The van der Waals surface area contributed by atoms with Crippen LogP contribution in [0.4, 0.5) is 0 Å². The van der Waals surface area contributed by atoms with Gasteiger partial charge in [0.1, 0.15) is 6.26 Å². The Balaban J connectivity index is 2.00. The molecule has 8 nitrogen and oxygen atoms in total. The zero-order valence-corrected chi connectivity index (χ0v) is 9.12. The Morgan fingerprint density at radius 2 is 2.56 bits per heavy atom. The number of hydrogen-bond acceptors (Lipinski definition) is 6. The largest absolute Gasteiger partial charge is 0.440 e. The van der Waals surface area contributed by atoms with Gasteiger partial charge in [-0.2, -0.15) is 0 Å². The van der Waals surface area contributed by atoms with Gasteiger partial charge < -0.3 is 9.73 Å². The molecule has 0 amide bonds. The van der Waals surface area contributed by atoms with E-state index in [0.29, 0.717) is 11.8 Å². The van der Waals surface area contributed by atoms with Crippen LogP contribution in [0.5, 0.6) is 0 Å². The average Bonchev–Trinajstić information content (AvgIpc) is 2.68. The van der Waals surface area contributed by atoms with Crippen LogP contribution in [0.1, 0.15) is 6.42 Å². The topological polar surface area (TPSA) is 117 Å². The first-order valence-corrected chi connectivity index (χ1v) is 5.43. The third kappa shape index (κ3) is 5.20. The molecule has 88 valence electrons. The second-order valence-corrected chi connectivity index (χ2v) is 3.72.